The van der Waals surface area contributed by atoms with Crippen molar-refractivity contribution in [1.82, 2.24) is 5.32 Å². The molecule has 0 saturated carbocycles. The fourth-order valence-electron chi connectivity index (χ4n) is 1.48. The van der Waals surface area contributed by atoms with Gasteiger partial charge < -0.3 is 5.32 Å². The fraction of sp³-hybridized carbons (Fsp3) is 0.733. The number of hydrogen-bond donors (Lipinski definition) is 1. The average molecular weight is 223 g/mol. The van der Waals surface area contributed by atoms with E-state index in [1.54, 1.807) is 0 Å². The van der Waals surface area contributed by atoms with Gasteiger partial charge in [0.05, 0.1) is 0 Å². The third kappa shape index (κ3) is 13.4. The van der Waals surface area contributed by atoms with Crippen LogP contribution in [-0.2, 0) is 0 Å². The van der Waals surface area contributed by atoms with Crippen molar-refractivity contribution in [2.75, 3.05) is 13.1 Å². The first-order chi connectivity index (χ1) is 7.91. The molecule has 0 fully saturated rings. The lowest BCUT2D eigenvalue weighted by molar-refractivity contribution is 0.620. The smallest absolute Gasteiger partial charge is 0.00143 e. The van der Waals surface area contributed by atoms with Gasteiger partial charge in [-0.2, -0.15) is 0 Å². The molecule has 0 saturated heterocycles. The van der Waals surface area contributed by atoms with E-state index < -0.39 is 0 Å². The Bertz CT molecular complexity index is 170. The first-order valence-corrected chi connectivity index (χ1v) is 6.92. The lowest BCUT2D eigenvalue weighted by Crippen LogP contribution is -2.15. The summed E-state index contributed by atoms with van der Waals surface area (Å²) in [6.45, 7) is 6.76. The minimum Gasteiger partial charge on any atom is -0.316 e. The molecule has 0 heterocycles. The highest BCUT2D eigenvalue weighted by atomic mass is 14.8. The van der Waals surface area contributed by atoms with E-state index in [2.05, 4.69) is 43.5 Å². The van der Waals surface area contributed by atoms with E-state index in [0.29, 0.717) is 0 Å². The van der Waals surface area contributed by atoms with E-state index >= 15 is 0 Å². The number of hydrogen-bond acceptors (Lipinski definition) is 1. The van der Waals surface area contributed by atoms with E-state index in [4.69, 9.17) is 0 Å². The van der Waals surface area contributed by atoms with Crippen LogP contribution in [0.1, 0.15) is 58.8 Å². The predicted octanol–water partition coefficient (Wildman–Crippen LogP) is 4.46. The van der Waals surface area contributed by atoms with Gasteiger partial charge in [0.1, 0.15) is 0 Å². The second-order valence-electron chi connectivity index (χ2n) is 4.21. The number of unbranched alkanes of at least 4 members (excludes halogenated alkanes) is 3. The van der Waals surface area contributed by atoms with E-state index in [1.807, 2.05) is 0 Å². The third-order valence-corrected chi connectivity index (χ3v) is 2.51. The molecule has 0 aliphatic rings. The first kappa shape index (κ1) is 15.4. The van der Waals surface area contributed by atoms with Gasteiger partial charge >= 0.3 is 0 Å². The second kappa shape index (κ2) is 14.4. The molecule has 0 aromatic heterocycles. The summed E-state index contributed by atoms with van der Waals surface area (Å²) in [5.74, 6) is 0. The molecule has 0 unspecified atom stereocenters. The normalized spacial score (nSPS) is 11.9. The molecule has 1 N–H and O–H groups in total. The Hall–Kier alpha value is -0.560. The van der Waals surface area contributed by atoms with Crippen LogP contribution in [-0.4, -0.2) is 13.1 Å². The summed E-state index contributed by atoms with van der Waals surface area (Å²) in [6.07, 6.45) is 17.8. The summed E-state index contributed by atoms with van der Waals surface area (Å²) in [5.41, 5.74) is 0. The summed E-state index contributed by atoms with van der Waals surface area (Å²) in [4.78, 5) is 0. The Labute approximate surface area is 102 Å². The van der Waals surface area contributed by atoms with Gasteiger partial charge in [-0.1, -0.05) is 57.4 Å². The summed E-state index contributed by atoms with van der Waals surface area (Å²) < 4.78 is 0. The van der Waals surface area contributed by atoms with E-state index in [-0.39, 0.29) is 0 Å². The summed E-state index contributed by atoms with van der Waals surface area (Å²) >= 11 is 0. The van der Waals surface area contributed by atoms with Crippen molar-refractivity contribution in [2.45, 2.75) is 58.8 Å². The zero-order valence-corrected chi connectivity index (χ0v) is 11.2. The standard InChI is InChI=1S/C15H29N/c1-3-5-7-8-9-10-11-13-15-16-14-12-6-4-2/h7-8,10-11,16H,3-6,9,12-15H2,1-2H3/b8-7-,11-10-. The number of rotatable bonds is 11. The zero-order valence-electron chi connectivity index (χ0n) is 11.2. The molecule has 0 amide bonds. The highest BCUT2D eigenvalue weighted by Gasteiger charge is 1.85. The Morgan fingerprint density at radius 1 is 0.750 bits per heavy atom. The molecule has 16 heavy (non-hydrogen) atoms. The maximum Gasteiger partial charge on any atom is -0.00143 e. The van der Waals surface area contributed by atoms with Crippen molar-refractivity contribution in [2.24, 2.45) is 0 Å². The van der Waals surface area contributed by atoms with E-state index in [1.165, 1.54) is 38.6 Å². The van der Waals surface area contributed by atoms with Gasteiger partial charge in [0.2, 0.25) is 0 Å². The highest BCUT2D eigenvalue weighted by molar-refractivity contribution is 4.92. The molecular formula is C15H29N. The molecule has 0 aromatic rings. The molecule has 0 rings (SSSR count). The van der Waals surface area contributed by atoms with Gasteiger partial charge in [0.15, 0.2) is 0 Å². The Morgan fingerprint density at radius 2 is 1.50 bits per heavy atom. The van der Waals surface area contributed by atoms with Crippen molar-refractivity contribution < 1.29 is 0 Å². The largest absolute Gasteiger partial charge is 0.316 e. The van der Waals surface area contributed by atoms with Crippen molar-refractivity contribution >= 4 is 0 Å². The second-order valence-corrected chi connectivity index (χ2v) is 4.21. The van der Waals surface area contributed by atoms with Crippen molar-refractivity contribution in [1.29, 1.82) is 0 Å². The minimum atomic E-state index is 1.09. The predicted molar refractivity (Wildman–Crippen MR) is 74.8 cm³/mol. The van der Waals surface area contributed by atoms with Gasteiger partial charge in [-0.3, -0.25) is 0 Å². The van der Waals surface area contributed by atoms with Gasteiger partial charge in [-0.25, -0.2) is 0 Å². The number of nitrogens with one attached hydrogen (secondary N) is 1. The van der Waals surface area contributed by atoms with Crippen molar-refractivity contribution in [3.05, 3.63) is 24.3 Å². The maximum absolute atomic E-state index is 3.46. The molecule has 0 spiro atoms. The zero-order chi connectivity index (χ0) is 11.9. The maximum atomic E-state index is 3.46. The van der Waals surface area contributed by atoms with Crippen LogP contribution in [0.15, 0.2) is 24.3 Å². The molecular weight excluding hydrogens is 194 g/mol. The Kier molecular flexibility index (Phi) is 13.9. The molecule has 0 atom stereocenters. The van der Waals surface area contributed by atoms with Crippen LogP contribution >= 0.6 is 0 Å². The molecule has 1 heteroatoms. The molecule has 0 aliphatic heterocycles. The van der Waals surface area contributed by atoms with Gasteiger partial charge in [-0.15, -0.1) is 0 Å². The molecule has 0 aromatic carbocycles. The van der Waals surface area contributed by atoms with Gasteiger partial charge in [0.25, 0.3) is 0 Å². The van der Waals surface area contributed by atoms with Crippen molar-refractivity contribution in [3.63, 3.8) is 0 Å². The van der Waals surface area contributed by atoms with E-state index in [0.717, 1.165) is 19.4 Å². The molecule has 0 aliphatic carbocycles. The summed E-state index contributed by atoms with van der Waals surface area (Å²) in [6, 6.07) is 0. The van der Waals surface area contributed by atoms with Crippen LogP contribution in [0.4, 0.5) is 0 Å². The SMILES string of the molecule is CCC/C=C\C/C=C\CCNCCCCC. The van der Waals surface area contributed by atoms with E-state index in [9.17, 15) is 0 Å². The van der Waals surface area contributed by atoms with Crippen LogP contribution in [0.2, 0.25) is 0 Å². The summed E-state index contributed by atoms with van der Waals surface area (Å²) in [5, 5.41) is 3.46. The highest BCUT2D eigenvalue weighted by Crippen LogP contribution is 1.94. The van der Waals surface area contributed by atoms with Crippen molar-refractivity contribution in [3.8, 4) is 0 Å². The Morgan fingerprint density at radius 3 is 2.19 bits per heavy atom. The van der Waals surface area contributed by atoms with Crippen LogP contribution in [0.3, 0.4) is 0 Å². The average Bonchev–Trinajstić information content (AvgIpc) is 2.31. The topological polar surface area (TPSA) is 12.0 Å². The monoisotopic (exact) mass is 223 g/mol. The summed E-state index contributed by atoms with van der Waals surface area (Å²) in [7, 11) is 0. The number of allylic oxidation sites excluding steroid dienone is 3. The lowest BCUT2D eigenvalue weighted by atomic mass is 10.2. The molecule has 94 valence electrons. The van der Waals surface area contributed by atoms with Crippen LogP contribution in [0.5, 0.6) is 0 Å². The van der Waals surface area contributed by atoms with Gasteiger partial charge in [0, 0.05) is 0 Å². The van der Waals surface area contributed by atoms with Crippen LogP contribution in [0, 0.1) is 0 Å². The van der Waals surface area contributed by atoms with Crippen LogP contribution in [0.25, 0.3) is 0 Å². The quantitative estimate of drug-likeness (QED) is 0.403. The molecule has 1 nitrogen and oxygen atoms in total. The lowest BCUT2D eigenvalue weighted by Gasteiger charge is -2.00. The molecule has 0 radical (unpaired) electrons. The fourth-order valence-corrected chi connectivity index (χ4v) is 1.48. The first-order valence-electron chi connectivity index (χ1n) is 6.92. The minimum absolute atomic E-state index is 1.09. The van der Waals surface area contributed by atoms with Crippen LogP contribution < -0.4 is 5.32 Å². The molecule has 0 bridgehead atoms. The third-order valence-electron chi connectivity index (χ3n) is 2.51. The Balaban J connectivity index is 3.09. The van der Waals surface area contributed by atoms with Gasteiger partial charge in [-0.05, 0) is 38.8 Å².